The second kappa shape index (κ2) is 7.63. The van der Waals surface area contributed by atoms with Crippen molar-refractivity contribution < 1.29 is 4.79 Å². The van der Waals surface area contributed by atoms with E-state index in [1.165, 1.54) is 0 Å². The maximum atomic E-state index is 11.3. The van der Waals surface area contributed by atoms with Crippen LogP contribution in [0.1, 0.15) is 40.0 Å². The second-order valence-electron chi connectivity index (χ2n) is 4.71. The highest BCUT2D eigenvalue weighted by Gasteiger charge is 2.02. The molecule has 0 unspecified atom stereocenters. The van der Waals surface area contributed by atoms with E-state index in [4.69, 9.17) is 0 Å². The minimum atomic E-state index is -0.0210. The van der Waals surface area contributed by atoms with Crippen LogP contribution in [0.3, 0.4) is 0 Å². The Balaban J connectivity index is 2.40. The molecule has 0 bridgehead atoms. The Bertz CT molecular complexity index is 362. The molecule has 5 heteroatoms. The van der Waals surface area contributed by atoms with E-state index in [0.717, 1.165) is 25.2 Å². The molecule has 0 fully saturated rings. The van der Waals surface area contributed by atoms with Crippen molar-refractivity contribution in [2.75, 3.05) is 17.2 Å². The molecule has 0 aromatic carbocycles. The van der Waals surface area contributed by atoms with Gasteiger partial charge < -0.3 is 10.6 Å². The first kappa shape index (κ1) is 14.4. The first-order valence-electron chi connectivity index (χ1n) is 6.49. The number of hydrogen-bond acceptors (Lipinski definition) is 4. The first-order chi connectivity index (χ1) is 8.61. The summed E-state index contributed by atoms with van der Waals surface area (Å²) in [5.41, 5.74) is 0. The Morgan fingerprint density at radius 1 is 1.28 bits per heavy atom. The summed E-state index contributed by atoms with van der Waals surface area (Å²) in [5.74, 6) is 1.89. The molecule has 1 heterocycles. The van der Waals surface area contributed by atoms with Gasteiger partial charge in [-0.2, -0.15) is 0 Å². The molecule has 0 aliphatic carbocycles. The van der Waals surface area contributed by atoms with Gasteiger partial charge in [0.05, 0.1) is 0 Å². The summed E-state index contributed by atoms with van der Waals surface area (Å²) >= 11 is 0. The fourth-order valence-electron chi connectivity index (χ4n) is 1.41. The molecule has 5 nitrogen and oxygen atoms in total. The Morgan fingerprint density at radius 2 is 1.94 bits per heavy atom. The van der Waals surface area contributed by atoms with Crippen LogP contribution in [0.4, 0.5) is 11.6 Å². The number of anilines is 2. The van der Waals surface area contributed by atoms with E-state index in [0.29, 0.717) is 18.2 Å². The summed E-state index contributed by atoms with van der Waals surface area (Å²) in [7, 11) is 0. The highest BCUT2D eigenvalue weighted by Crippen LogP contribution is 2.07. The number of amides is 1. The SMILES string of the molecule is CCCC(=O)Nc1ccc(NCCC(C)C)nn1. The molecule has 1 amide bonds. The molecule has 0 aliphatic heterocycles. The summed E-state index contributed by atoms with van der Waals surface area (Å²) < 4.78 is 0. The van der Waals surface area contributed by atoms with Gasteiger partial charge in [-0.3, -0.25) is 4.79 Å². The monoisotopic (exact) mass is 250 g/mol. The van der Waals surface area contributed by atoms with Gasteiger partial charge in [-0.1, -0.05) is 20.8 Å². The van der Waals surface area contributed by atoms with Gasteiger partial charge in [0.15, 0.2) is 5.82 Å². The van der Waals surface area contributed by atoms with E-state index in [1.54, 1.807) is 6.07 Å². The summed E-state index contributed by atoms with van der Waals surface area (Å²) in [6.45, 7) is 7.21. The molecule has 0 saturated carbocycles. The van der Waals surface area contributed by atoms with E-state index in [1.807, 2.05) is 13.0 Å². The fraction of sp³-hybridized carbons (Fsp3) is 0.615. The molecular weight excluding hydrogens is 228 g/mol. The van der Waals surface area contributed by atoms with Crippen molar-refractivity contribution in [1.29, 1.82) is 0 Å². The lowest BCUT2D eigenvalue weighted by Crippen LogP contribution is -2.13. The lowest BCUT2D eigenvalue weighted by atomic mass is 10.1. The molecule has 0 atom stereocenters. The van der Waals surface area contributed by atoms with Crippen LogP contribution in [0.15, 0.2) is 12.1 Å². The van der Waals surface area contributed by atoms with Crippen molar-refractivity contribution in [2.45, 2.75) is 40.0 Å². The average Bonchev–Trinajstić information content (AvgIpc) is 2.31. The van der Waals surface area contributed by atoms with Crippen LogP contribution in [0.5, 0.6) is 0 Å². The van der Waals surface area contributed by atoms with E-state index in [9.17, 15) is 4.79 Å². The Labute approximate surface area is 108 Å². The molecule has 18 heavy (non-hydrogen) atoms. The van der Waals surface area contributed by atoms with Crippen LogP contribution in [-0.4, -0.2) is 22.6 Å². The zero-order valence-electron chi connectivity index (χ0n) is 11.4. The number of hydrogen-bond donors (Lipinski definition) is 2. The van der Waals surface area contributed by atoms with Crippen molar-refractivity contribution in [2.24, 2.45) is 5.92 Å². The third-order valence-electron chi connectivity index (χ3n) is 2.44. The van der Waals surface area contributed by atoms with E-state index in [-0.39, 0.29) is 5.91 Å². The third kappa shape index (κ3) is 5.61. The fourth-order valence-corrected chi connectivity index (χ4v) is 1.41. The van der Waals surface area contributed by atoms with Gasteiger partial charge in [0.1, 0.15) is 5.82 Å². The number of rotatable bonds is 7. The van der Waals surface area contributed by atoms with Gasteiger partial charge in [-0.05, 0) is 30.9 Å². The lowest BCUT2D eigenvalue weighted by Gasteiger charge is -2.07. The topological polar surface area (TPSA) is 66.9 Å². The van der Waals surface area contributed by atoms with Gasteiger partial charge in [0.2, 0.25) is 5.91 Å². The summed E-state index contributed by atoms with van der Waals surface area (Å²) in [4.78, 5) is 11.3. The van der Waals surface area contributed by atoms with Crippen molar-refractivity contribution in [1.82, 2.24) is 10.2 Å². The van der Waals surface area contributed by atoms with Crippen molar-refractivity contribution in [3.63, 3.8) is 0 Å². The highest BCUT2D eigenvalue weighted by molar-refractivity contribution is 5.89. The van der Waals surface area contributed by atoms with Crippen LogP contribution in [0, 0.1) is 5.92 Å². The van der Waals surface area contributed by atoms with Crippen LogP contribution < -0.4 is 10.6 Å². The number of nitrogens with zero attached hydrogens (tertiary/aromatic N) is 2. The minimum absolute atomic E-state index is 0.0210. The smallest absolute Gasteiger partial charge is 0.225 e. The lowest BCUT2D eigenvalue weighted by molar-refractivity contribution is -0.116. The zero-order chi connectivity index (χ0) is 13.4. The summed E-state index contributed by atoms with van der Waals surface area (Å²) in [6, 6.07) is 3.59. The Hall–Kier alpha value is -1.65. The molecule has 1 rings (SSSR count). The predicted molar refractivity (Wildman–Crippen MR) is 73.5 cm³/mol. The van der Waals surface area contributed by atoms with Crippen LogP contribution in [0.25, 0.3) is 0 Å². The van der Waals surface area contributed by atoms with Crippen LogP contribution >= 0.6 is 0 Å². The maximum Gasteiger partial charge on any atom is 0.225 e. The Morgan fingerprint density at radius 3 is 2.50 bits per heavy atom. The van der Waals surface area contributed by atoms with Crippen molar-refractivity contribution in [3.05, 3.63) is 12.1 Å². The molecule has 0 saturated heterocycles. The minimum Gasteiger partial charge on any atom is -0.369 e. The zero-order valence-corrected chi connectivity index (χ0v) is 11.4. The van der Waals surface area contributed by atoms with Gasteiger partial charge in [0, 0.05) is 13.0 Å². The molecule has 1 aromatic rings. The maximum absolute atomic E-state index is 11.3. The normalized spacial score (nSPS) is 10.4. The molecule has 100 valence electrons. The van der Waals surface area contributed by atoms with Crippen molar-refractivity contribution >= 4 is 17.5 Å². The average molecular weight is 250 g/mol. The summed E-state index contributed by atoms with van der Waals surface area (Å²) in [6.07, 6.45) is 2.43. The van der Waals surface area contributed by atoms with E-state index >= 15 is 0 Å². The van der Waals surface area contributed by atoms with E-state index < -0.39 is 0 Å². The second-order valence-corrected chi connectivity index (χ2v) is 4.71. The number of aromatic nitrogens is 2. The quantitative estimate of drug-likeness (QED) is 0.780. The van der Waals surface area contributed by atoms with Crippen molar-refractivity contribution in [3.8, 4) is 0 Å². The molecule has 0 spiro atoms. The third-order valence-corrected chi connectivity index (χ3v) is 2.44. The summed E-state index contributed by atoms with van der Waals surface area (Å²) in [5, 5.41) is 13.9. The number of carbonyl (C=O) groups excluding carboxylic acids is 1. The van der Waals surface area contributed by atoms with Gasteiger partial charge >= 0.3 is 0 Å². The molecular formula is C13H22N4O. The number of nitrogens with one attached hydrogen (secondary N) is 2. The highest BCUT2D eigenvalue weighted by atomic mass is 16.1. The van der Waals surface area contributed by atoms with Crippen LogP contribution in [-0.2, 0) is 4.79 Å². The van der Waals surface area contributed by atoms with Gasteiger partial charge in [-0.25, -0.2) is 0 Å². The molecule has 0 aliphatic rings. The molecule has 2 N–H and O–H groups in total. The molecule has 0 radical (unpaired) electrons. The Kier molecular flexibility index (Phi) is 6.11. The van der Waals surface area contributed by atoms with E-state index in [2.05, 4.69) is 34.7 Å². The van der Waals surface area contributed by atoms with Gasteiger partial charge in [-0.15, -0.1) is 10.2 Å². The molecule has 1 aromatic heterocycles. The predicted octanol–water partition coefficient (Wildman–Crippen LogP) is 2.67. The number of carbonyl (C=O) groups is 1. The first-order valence-corrected chi connectivity index (χ1v) is 6.49. The van der Waals surface area contributed by atoms with Crippen LogP contribution in [0.2, 0.25) is 0 Å². The largest absolute Gasteiger partial charge is 0.369 e. The van der Waals surface area contributed by atoms with Gasteiger partial charge in [0.25, 0.3) is 0 Å². The standard InChI is InChI=1S/C13H22N4O/c1-4-5-13(18)15-12-7-6-11(16-17-12)14-9-8-10(2)3/h6-7,10H,4-5,8-9H2,1-3H3,(H,14,16)(H,15,17,18).